The molecule has 0 aliphatic carbocycles. The molecule has 0 bridgehead atoms. The number of carbonyl (C=O) groups excluding carboxylic acids is 1. The highest BCUT2D eigenvalue weighted by Gasteiger charge is 2.23. The van der Waals surface area contributed by atoms with E-state index in [-0.39, 0.29) is 17.1 Å². The Hall–Kier alpha value is -3.14. The molecular weight excluding hydrogens is 353 g/mol. The number of carbonyl (C=O) groups is 1. The van der Waals surface area contributed by atoms with Gasteiger partial charge in [0.1, 0.15) is 11.6 Å². The zero-order chi connectivity index (χ0) is 20.1. The Bertz CT molecular complexity index is 919. The second-order valence-corrected chi connectivity index (χ2v) is 7.27. The fraction of sp³-hybridized carbons (Fsp3) is 0.208. The molecule has 0 aliphatic heterocycles. The number of nitrogens with one attached hydrogen (secondary N) is 1. The molecular formula is C24H24FNO2. The summed E-state index contributed by atoms with van der Waals surface area (Å²) in [6.45, 7) is 6.04. The molecule has 144 valence electrons. The Morgan fingerprint density at radius 2 is 1.46 bits per heavy atom. The molecule has 3 nitrogen and oxygen atoms in total. The van der Waals surface area contributed by atoms with Gasteiger partial charge < -0.3 is 10.1 Å². The third-order valence-corrected chi connectivity index (χ3v) is 4.87. The standard InChI is InChI=1S/C24H24FNO2/c1-17(23(27)26-21-13-11-20(25)12-14-21)28-22-15-9-19(10-16-22)24(2,3)18-7-5-4-6-8-18/h4-17H,1-3H3,(H,26,27). The predicted octanol–water partition coefficient (Wildman–Crippen LogP) is 5.56. The van der Waals surface area contributed by atoms with Crippen LogP contribution in [-0.2, 0) is 10.2 Å². The number of anilines is 1. The highest BCUT2D eigenvalue weighted by Crippen LogP contribution is 2.32. The van der Waals surface area contributed by atoms with Crippen molar-refractivity contribution < 1.29 is 13.9 Å². The average molecular weight is 377 g/mol. The van der Waals surface area contributed by atoms with E-state index in [1.54, 1.807) is 6.92 Å². The molecule has 3 aromatic rings. The van der Waals surface area contributed by atoms with Crippen LogP contribution in [0.5, 0.6) is 5.75 Å². The number of ether oxygens (including phenoxy) is 1. The lowest BCUT2D eigenvalue weighted by molar-refractivity contribution is -0.122. The molecule has 4 heteroatoms. The predicted molar refractivity (Wildman–Crippen MR) is 110 cm³/mol. The Kier molecular flexibility index (Phi) is 5.78. The first-order valence-corrected chi connectivity index (χ1v) is 9.25. The lowest BCUT2D eigenvalue weighted by Crippen LogP contribution is -2.30. The van der Waals surface area contributed by atoms with Gasteiger partial charge in [0.15, 0.2) is 6.10 Å². The van der Waals surface area contributed by atoms with Gasteiger partial charge in [-0.3, -0.25) is 4.79 Å². The average Bonchev–Trinajstić information content (AvgIpc) is 2.70. The summed E-state index contributed by atoms with van der Waals surface area (Å²) in [6.07, 6.45) is -0.682. The summed E-state index contributed by atoms with van der Waals surface area (Å²) >= 11 is 0. The van der Waals surface area contributed by atoms with Crippen molar-refractivity contribution in [2.24, 2.45) is 0 Å². The lowest BCUT2D eigenvalue weighted by atomic mass is 9.78. The maximum Gasteiger partial charge on any atom is 0.265 e. The third kappa shape index (κ3) is 4.58. The van der Waals surface area contributed by atoms with Crippen molar-refractivity contribution in [1.29, 1.82) is 0 Å². The SMILES string of the molecule is CC(Oc1ccc(C(C)(C)c2ccccc2)cc1)C(=O)Nc1ccc(F)cc1. The number of rotatable bonds is 6. The molecule has 0 heterocycles. The van der Waals surface area contributed by atoms with E-state index in [9.17, 15) is 9.18 Å². The molecule has 0 aliphatic rings. The third-order valence-electron chi connectivity index (χ3n) is 4.87. The van der Waals surface area contributed by atoms with E-state index in [4.69, 9.17) is 4.74 Å². The molecule has 3 aromatic carbocycles. The fourth-order valence-corrected chi connectivity index (χ4v) is 3.01. The van der Waals surface area contributed by atoms with Crippen molar-refractivity contribution in [2.45, 2.75) is 32.3 Å². The smallest absolute Gasteiger partial charge is 0.265 e. The van der Waals surface area contributed by atoms with Crippen LogP contribution in [0, 0.1) is 5.82 Å². The van der Waals surface area contributed by atoms with Crippen molar-refractivity contribution in [3.8, 4) is 5.75 Å². The summed E-state index contributed by atoms with van der Waals surface area (Å²) in [5.41, 5.74) is 2.79. The minimum absolute atomic E-state index is 0.134. The molecule has 0 saturated heterocycles. The number of halogens is 1. The summed E-state index contributed by atoms with van der Waals surface area (Å²) in [7, 11) is 0. The fourth-order valence-electron chi connectivity index (χ4n) is 3.01. The normalized spacial score (nSPS) is 12.3. The Balaban J connectivity index is 1.65. The molecule has 0 aromatic heterocycles. The van der Waals surface area contributed by atoms with Gasteiger partial charge in [-0.05, 0) is 54.4 Å². The van der Waals surface area contributed by atoms with E-state index >= 15 is 0 Å². The molecule has 28 heavy (non-hydrogen) atoms. The second-order valence-electron chi connectivity index (χ2n) is 7.27. The Labute approximate surface area is 165 Å². The maximum absolute atomic E-state index is 13.0. The zero-order valence-corrected chi connectivity index (χ0v) is 16.3. The van der Waals surface area contributed by atoms with Gasteiger partial charge in [-0.1, -0.05) is 56.3 Å². The van der Waals surface area contributed by atoms with Gasteiger partial charge in [0, 0.05) is 11.1 Å². The van der Waals surface area contributed by atoms with Crippen LogP contribution in [0.1, 0.15) is 31.9 Å². The van der Waals surface area contributed by atoms with Crippen molar-refractivity contribution >= 4 is 11.6 Å². The van der Waals surface area contributed by atoms with Crippen molar-refractivity contribution in [3.63, 3.8) is 0 Å². The molecule has 3 rings (SSSR count). The minimum atomic E-state index is -0.682. The molecule has 0 spiro atoms. The Morgan fingerprint density at radius 1 is 0.893 bits per heavy atom. The first kappa shape index (κ1) is 19.6. The van der Waals surface area contributed by atoms with Gasteiger partial charge in [0.25, 0.3) is 5.91 Å². The molecule has 1 atom stereocenters. The van der Waals surface area contributed by atoms with E-state index in [0.29, 0.717) is 11.4 Å². The van der Waals surface area contributed by atoms with Gasteiger partial charge in [-0.15, -0.1) is 0 Å². The van der Waals surface area contributed by atoms with E-state index in [1.807, 2.05) is 42.5 Å². The maximum atomic E-state index is 13.0. The highest BCUT2D eigenvalue weighted by molar-refractivity contribution is 5.94. The van der Waals surface area contributed by atoms with Crippen molar-refractivity contribution in [3.05, 3.63) is 95.8 Å². The zero-order valence-electron chi connectivity index (χ0n) is 16.3. The molecule has 0 fully saturated rings. The van der Waals surface area contributed by atoms with E-state index < -0.39 is 6.10 Å². The number of hydrogen-bond donors (Lipinski definition) is 1. The minimum Gasteiger partial charge on any atom is -0.481 e. The second kappa shape index (κ2) is 8.26. The summed E-state index contributed by atoms with van der Waals surface area (Å²) < 4.78 is 18.7. The van der Waals surface area contributed by atoms with E-state index in [1.165, 1.54) is 29.8 Å². The van der Waals surface area contributed by atoms with Crippen LogP contribution in [0.15, 0.2) is 78.9 Å². The quantitative estimate of drug-likeness (QED) is 0.611. The van der Waals surface area contributed by atoms with Crippen LogP contribution < -0.4 is 10.1 Å². The first-order chi connectivity index (χ1) is 13.4. The van der Waals surface area contributed by atoms with Gasteiger partial charge >= 0.3 is 0 Å². The van der Waals surface area contributed by atoms with Gasteiger partial charge in [0.2, 0.25) is 0 Å². The number of benzene rings is 3. The van der Waals surface area contributed by atoms with Crippen molar-refractivity contribution in [2.75, 3.05) is 5.32 Å². The summed E-state index contributed by atoms with van der Waals surface area (Å²) in [6, 6.07) is 23.7. The van der Waals surface area contributed by atoms with E-state index in [2.05, 4.69) is 31.3 Å². The lowest BCUT2D eigenvalue weighted by Gasteiger charge is -2.26. The van der Waals surface area contributed by atoms with Crippen LogP contribution in [-0.4, -0.2) is 12.0 Å². The van der Waals surface area contributed by atoms with Crippen LogP contribution in [0.2, 0.25) is 0 Å². The van der Waals surface area contributed by atoms with Crippen LogP contribution >= 0.6 is 0 Å². The van der Waals surface area contributed by atoms with Gasteiger partial charge in [-0.2, -0.15) is 0 Å². The van der Waals surface area contributed by atoms with E-state index in [0.717, 1.165) is 5.56 Å². The largest absolute Gasteiger partial charge is 0.481 e. The summed E-state index contributed by atoms with van der Waals surface area (Å²) in [4.78, 5) is 12.3. The van der Waals surface area contributed by atoms with Crippen LogP contribution in [0.25, 0.3) is 0 Å². The van der Waals surface area contributed by atoms with Gasteiger partial charge in [0.05, 0.1) is 0 Å². The number of amides is 1. The molecule has 1 amide bonds. The van der Waals surface area contributed by atoms with Crippen LogP contribution in [0.4, 0.5) is 10.1 Å². The molecule has 1 N–H and O–H groups in total. The van der Waals surface area contributed by atoms with Crippen LogP contribution in [0.3, 0.4) is 0 Å². The molecule has 1 unspecified atom stereocenters. The summed E-state index contributed by atoms with van der Waals surface area (Å²) in [5, 5.41) is 2.72. The summed E-state index contributed by atoms with van der Waals surface area (Å²) in [5.74, 6) is -0.0181. The van der Waals surface area contributed by atoms with Gasteiger partial charge in [-0.25, -0.2) is 4.39 Å². The first-order valence-electron chi connectivity index (χ1n) is 9.25. The van der Waals surface area contributed by atoms with Crippen molar-refractivity contribution in [1.82, 2.24) is 0 Å². The molecule has 0 saturated carbocycles. The topological polar surface area (TPSA) is 38.3 Å². The monoisotopic (exact) mass is 377 g/mol. The highest BCUT2D eigenvalue weighted by atomic mass is 19.1. The Morgan fingerprint density at radius 3 is 2.07 bits per heavy atom. The molecule has 0 radical (unpaired) electrons. The number of hydrogen-bond acceptors (Lipinski definition) is 2.